The fourth-order valence-corrected chi connectivity index (χ4v) is 7.94. The van der Waals surface area contributed by atoms with Crippen molar-refractivity contribution >= 4 is 83.6 Å². The molecule has 0 saturated carbocycles. The molecule has 0 aliphatic carbocycles. The third kappa shape index (κ3) is 11.3. The Morgan fingerprint density at radius 1 is 0.588 bits per heavy atom. The highest BCUT2D eigenvalue weighted by Crippen LogP contribution is 2.32. The lowest BCUT2D eigenvalue weighted by Gasteiger charge is -2.11. The number of nitrogens with one attached hydrogen (secondary N) is 4. The van der Waals surface area contributed by atoms with Crippen molar-refractivity contribution in [3.8, 4) is 22.3 Å². The Morgan fingerprint density at radius 2 is 1.00 bits per heavy atom. The van der Waals surface area contributed by atoms with Gasteiger partial charge in [0, 0.05) is 16.9 Å². The third-order valence-corrected chi connectivity index (χ3v) is 12.4. The van der Waals surface area contributed by atoms with Crippen molar-refractivity contribution in [3.63, 3.8) is 0 Å². The van der Waals surface area contributed by atoms with Crippen molar-refractivity contribution in [2.24, 2.45) is 0 Å². The number of hydrogen-bond donors (Lipinski definition) is 5. The van der Waals surface area contributed by atoms with E-state index in [2.05, 4.69) is 19.9 Å². The first-order valence-corrected chi connectivity index (χ1v) is 23.2. The molecule has 1 unspecified atom stereocenters. The number of sulfonamides is 2. The fourth-order valence-electron chi connectivity index (χ4n) is 6.82. The number of alkyl halides is 6. The molecule has 12 nitrogen and oxygen atoms in total. The van der Waals surface area contributed by atoms with E-state index in [0.29, 0.717) is 28.3 Å². The summed E-state index contributed by atoms with van der Waals surface area (Å²) in [6.45, 7) is 3.24. The first-order valence-electron chi connectivity index (χ1n) is 20.2. The number of anilines is 2. The van der Waals surface area contributed by atoms with Gasteiger partial charge in [-0.2, -0.15) is 43.2 Å². The monoisotopic (exact) mass is 972 g/mol. The molecule has 0 aliphatic rings. The van der Waals surface area contributed by atoms with Crippen LogP contribution in [0.1, 0.15) is 58.6 Å². The van der Waals surface area contributed by atoms with Crippen LogP contribution in [0.2, 0.25) is 0 Å². The summed E-state index contributed by atoms with van der Waals surface area (Å²) in [6.07, 6.45) is 6.17. The lowest BCUT2D eigenvalue weighted by atomic mass is 9.96. The van der Waals surface area contributed by atoms with Crippen LogP contribution in [0.15, 0.2) is 133 Å². The smallest absolute Gasteiger partial charge is 0.389 e. The quantitative estimate of drug-likeness (QED) is 0.0591. The maximum absolute atomic E-state index is 12.5. The van der Waals surface area contributed by atoms with Crippen LogP contribution in [0.25, 0.3) is 68.6 Å². The van der Waals surface area contributed by atoms with Crippen LogP contribution in [-0.4, -0.2) is 58.7 Å². The normalized spacial score (nSPS) is 12.9. The van der Waals surface area contributed by atoms with Crippen molar-refractivity contribution in [3.05, 3.63) is 167 Å². The summed E-state index contributed by atoms with van der Waals surface area (Å²) in [5.41, 5.74) is -1.85. The van der Waals surface area contributed by atoms with Gasteiger partial charge in [-0.25, -0.2) is 9.97 Å². The molecule has 0 spiro atoms. The highest BCUT2D eigenvalue weighted by atomic mass is 32.2. The van der Waals surface area contributed by atoms with Crippen LogP contribution in [-0.2, 0) is 20.0 Å². The molecule has 20 heteroatoms. The molecular formula is C48H38F6N6O6S2. The number of aliphatic hydroxyl groups excluding tert-OH is 1. The molecule has 1 atom stereocenters. The van der Waals surface area contributed by atoms with Gasteiger partial charge in [0.2, 0.25) is 0 Å². The number of H-pyrrole nitrogens is 2. The Bertz CT molecular complexity index is 3420. The minimum atomic E-state index is -5.47. The van der Waals surface area contributed by atoms with Crippen LogP contribution in [0.4, 0.5) is 37.7 Å². The van der Waals surface area contributed by atoms with Crippen molar-refractivity contribution in [1.29, 1.82) is 0 Å². The largest absolute Gasteiger partial charge is 0.516 e. The van der Waals surface area contributed by atoms with E-state index in [1.54, 1.807) is 37.3 Å². The number of nitrogens with zero attached hydrogens (tertiary/aromatic N) is 2. The van der Waals surface area contributed by atoms with Gasteiger partial charge in [-0.3, -0.25) is 14.2 Å². The number of ketones is 1. The van der Waals surface area contributed by atoms with Gasteiger partial charge < -0.3 is 15.1 Å². The molecule has 0 saturated heterocycles. The Kier molecular flexibility index (Phi) is 13.8. The average Bonchev–Trinajstić information content (AvgIpc) is 3.91. The molecule has 0 aliphatic heterocycles. The number of aromatic nitrogens is 4. The number of aliphatic hydroxyl groups is 1. The predicted octanol–water partition coefficient (Wildman–Crippen LogP) is 11.6. The van der Waals surface area contributed by atoms with Crippen LogP contribution < -0.4 is 9.44 Å². The standard InChI is InChI=1S/C24H20F3N3O3S.C24H18F3N3O3S/c2*1-15(31)19-4-2-3-5-20(19)17-9-12-21-22(14-17)29-23(28-21)13-8-16-6-10-18(11-7-16)30-34(32,33)24(25,26)27/h2-15,30-31H,1H3,(H,28,29);2-14,30H,1H3,(H,28,29)/b2*13-8+. The van der Waals surface area contributed by atoms with E-state index in [9.17, 15) is 53.1 Å². The van der Waals surface area contributed by atoms with Crippen molar-refractivity contribution < 1.29 is 53.1 Å². The van der Waals surface area contributed by atoms with E-state index < -0.39 is 37.2 Å². The van der Waals surface area contributed by atoms with Gasteiger partial charge in [0.25, 0.3) is 0 Å². The molecule has 6 aromatic carbocycles. The molecule has 0 radical (unpaired) electrons. The zero-order valence-electron chi connectivity index (χ0n) is 35.6. The highest BCUT2D eigenvalue weighted by molar-refractivity contribution is 7.93. The third-order valence-electron chi connectivity index (χ3n) is 10.1. The summed E-state index contributed by atoms with van der Waals surface area (Å²) < 4.78 is 123. The van der Waals surface area contributed by atoms with Gasteiger partial charge >= 0.3 is 31.1 Å². The van der Waals surface area contributed by atoms with Crippen LogP contribution >= 0.6 is 0 Å². The van der Waals surface area contributed by atoms with Crippen LogP contribution in [0, 0.1) is 0 Å². The van der Waals surface area contributed by atoms with E-state index in [1.807, 2.05) is 78.9 Å². The number of benzene rings is 6. The number of Topliss-reactive ketones (excluding diaryl/α,β-unsaturated/α-hetero) is 1. The second-order valence-corrected chi connectivity index (χ2v) is 18.4. The average molecular weight is 973 g/mol. The van der Waals surface area contributed by atoms with Crippen molar-refractivity contribution in [2.75, 3.05) is 9.44 Å². The van der Waals surface area contributed by atoms with Crippen molar-refractivity contribution in [2.45, 2.75) is 31.0 Å². The molecule has 0 fully saturated rings. The zero-order chi connectivity index (χ0) is 49.0. The van der Waals surface area contributed by atoms with Crippen molar-refractivity contribution in [1.82, 2.24) is 19.9 Å². The predicted molar refractivity (Wildman–Crippen MR) is 252 cm³/mol. The summed E-state index contributed by atoms with van der Waals surface area (Å²) in [5.74, 6) is 1.09. The van der Waals surface area contributed by atoms with E-state index in [0.717, 1.165) is 49.9 Å². The zero-order valence-corrected chi connectivity index (χ0v) is 37.2. The van der Waals surface area contributed by atoms with Gasteiger partial charge in [-0.05, 0) is 113 Å². The molecule has 0 bridgehead atoms. The first kappa shape index (κ1) is 48.4. The van der Waals surface area contributed by atoms with Gasteiger partial charge in [0.1, 0.15) is 11.6 Å². The fraction of sp³-hybridized carbons (Fsp3) is 0.104. The molecule has 8 aromatic rings. The number of halogens is 6. The molecule has 8 rings (SSSR count). The molecule has 2 aromatic heterocycles. The molecule has 0 amide bonds. The Hall–Kier alpha value is -7.55. The minimum Gasteiger partial charge on any atom is -0.389 e. The summed E-state index contributed by atoms with van der Waals surface area (Å²) in [7, 11) is -10.9. The number of hydrogen-bond acceptors (Lipinski definition) is 8. The molecular weight excluding hydrogens is 935 g/mol. The van der Waals surface area contributed by atoms with Gasteiger partial charge in [-0.15, -0.1) is 0 Å². The summed E-state index contributed by atoms with van der Waals surface area (Å²) in [5, 5.41) is 10.1. The highest BCUT2D eigenvalue weighted by Gasteiger charge is 2.46. The lowest BCUT2D eigenvalue weighted by Crippen LogP contribution is -2.29. The Labute approximate surface area is 385 Å². The molecule has 5 N–H and O–H groups in total. The SMILES string of the molecule is CC(=O)c1ccccc1-c1ccc2nc(/C=C/c3ccc(NS(=O)(=O)C(F)(F)F)cc3)[nH]c2c1.CC(O)c1ccccc1-c1ccc2nc(/C=C/c3ccc(NS(=O)(=O)C(F)(F)F)cc3)[nH]c2c1. The second-order valence-electron chi connectivity index (χ2n) is 15.1. The topological polar surface area (TPSA) is 187 Å². The summed E-state index contributed by atoms with van der Waals surface area (Å²) in [4.78, 5) is 27.3. The maximum Gasteiger partial charge on any atom is 0.516 e. The number of imidazole rings is 2. The number of fused-ring (bicyclic) bond motifs is 2. The van der Waals surface area contributed by atoms with E-state index in [1.165, 1.54) is 64.9 Å². The summed E-state index contributed by atoms with van der Waals surface area (Å²) in [6, 6.07) is 37.2. The molecule has 350 valence electrons. The van der Waals surface area contributed by atoms with Gasteiger partial charge in [-0.1, -0.05) is 97.1 Å². The first-order chi connectivity index (χ1) is 32.1. The summed E-state index contributed by atoms with van der Waals surface area (Å²) >= 11 is 0. The van der Waals surface area contributed by atoms with Crippen LogP contribution in [0.5, 0.6) is 0 Å². The maximum atomic E-state index is 12.5. The van der Waals surface area contributed by atoms with Gasteiger partial charge in [0.15, 0.2) is 5.78 Å². The number of rotatable bonds is 12. The number of carbonyl (C=O) groups is 1. The molecule has 2 heterocycles. The van der Waals surface area contributed by atoms with Gasteiger partial charge in [0.05, 0.1) is 28.2 Å². The van der Waals surface area contributed by atoms with Crippen LogP contribution in [0.3, 0.4) is 0 Å². The Morgan fingerprint density at radius 3 is 1.43 bits per heavy atom. The minimum absolute atomic E-state index is 0.0267. The van der Waals surface area contributed by atoms with E-state index in [4.69, 9.17) is 0 Å². The number of aromatic amines is 2. The van der Waals surface area contributed by atoms with E-state index >= 15 is 0 Å². The molecule has 68 heavy (non-hydrogen) atoms. The second kappa shape index (κ2) is 19.4. The lowest BCUT2D eigenvalue weighted by molar-refractivity contribution is -0.0435. The van der Waals surface area contributed by atoms with E-state index in [-0.39, 0.29) is 17.2 Å². The Balaban J connectivity index is 0.000000201. The number of carbonyl (C=O) groups excluding carboxylic acids is 1.